The van der Waals surface area contributed by atoms with Gasteiger partial charge in [-0.2, -0.15) is 13.2 Å². The molecule has 1 N–H and O–H groups in total. The van der Waals surface area contributed by atoms with E-state index in [0.717, 1.165) is 12.1 Å². The average molecular weight is 256 g/mol. The van der Waals surface area contributed by atoms with E-state index in [1.54, 1.807) is 18.2 Å². The fourth-order valence-corrected chi connectivity index (χ4v) is 1.70. The van der Waals surface area contributed by atoms with Gasteiger partial charge in [0.2, 0.25) is 0 Å². The third kappa shape index (κ3) is 2.16. The molecule has 0 atom stereocenters. The van der Waals surface area contributed by atoms with E-state index in [0.29, 0.717) is 0 Å². The first-order chi connectivity index (χ1) is 8.41. The summed E-state index contributed by atoms with van der Waals surface area (Å²) in [4.78, 5) is 0. The van der Waals surface area contributed by atoms with Crippen LogP contribution in [0.2, 0.25) is 0 Å². The van der Waals surface area contributed by atoms with Crippen LogP contribution in [0.5, 0.6) is 5.75 Å². The topological polar surface area (TPSA) is 20.2 Å². The molecule has 0 unspecified atom stereocenters. The van der Waals surface area contributed by atoms with Gasteiger partial charge in [-0.15, -0.1) is 0 Å². The molecule has 0 bridgehead atoms. The van der Waals surface area contributed by atoms with E-state index in [9.17, 15) is 17.6 Å². The van der Waals surface area contributed by atoms with E-state index < -0.39 is 23.3 Å². The number of phenols is 1. The Morgan fingerprint density at radius 3 is 2.06 bits per heavy atom. The van der Waals surface area contributed by atoms with Crippen LogP contribution in [0.3, 0.4) is 0 Å². The summed E-state index contributed by atoms with van der Waals surface area (Å²) in [5.41, 5.74) is -1.50. The van der Waals surface area contributed by atoms with Gasteiger partial charge in [0.15, 0.2) is 11.6 Å². The van der Waals surface area contributed by atoms with Crippen LogP contribution in [-0.2, 0) is 6.18 Å². The summed E-state index contributed by atoms with van der Waals surface area (Å²) < 4.78 is 51.9. The smallest absolute Gasteiger partial charge is 0.419 e. The van der Waals surface area contributed by atoms with Crippen LogP contribution in [0.15, 0.2) is 42.5 Å². The van der Waals surface area contributed by atoms with Gasteiger partial charge < -0.3 is 5.11 Å². The van der Waals surface area contributed by atoms with Crippen molar-refractivity contribution in [3.63, 3.8) is 0 Å². The van der Waals surface area contributed by atoms with Crippen molar-refractivity contribution in [2.24, 2.45) is 0 Å². The Hall–Kier alpha value is -2.04. The first-order valence-corrected chi connectivity index (χ1v) is 5.05. The molecular weight excluding hydrogens is 248 g/mol. The summed E-state index contributed by atoms with van der Waals surface area (Å²) in [5.74, 6) is -2.66. The molecule has 2 rings (SSSR count). The van der Waals surface area contributed by atoms with Gasteiger partial charge in [0.1, 0.15) is 5.56 Å². The number of benzene rings is 2. The molecule has 0 saturated carbocycles. The standard InChI is InChI=1S/C13H8F4O/c14-12-10(18)7-6-9(11(12)13(15,16)17)8-4-2-1-3-5-8/h1-7,18H. The lowest BCUT2D eigenvalue weighted by atomic mass is 9.98. The Labute approximate surface area is 100 Å². The number of phenolic OH excluding ortho intramolecular Hbond substituents is 1. The maximum Gasteiger partial charge on any atom is 0.419 e. The minimum Gasteiger partial charge on any atom is -0.505 e. The van der Waals surface area contributed by atoms with Gasteiger partial charge in [-0.05, 0) is 23.3 Å². The number of hydrogen-bond donors (Lipinski definition) is 1. The van der Waals surface area contributed by atoms with Crippen LogP contribution in [0.1, 0.15) is 5.56 Å². The van der Waals surface area contributed by atoms with E-state index >= 15 is 0 Å². The highest BCUT2D eigenvalue weighted by molar-refractivity contribution is 5.69. The molecule has 0 heterocycles. The van der Waals surface area contributed by atoms with Crippen molar-refractivity contribution in [3.05, 3.63) is 53.8 Å². The molecule has 0 radical (unpaired) electrons. The second-order valence-electron chi connectivity index (χ2n) is 3.69. The summed E-state index contributed by atoms with van der Waals surface area (Å²) in [6.45, 7) is 0. The molecule has 2 aromatic carbocycles. The Balaban J connectivity index is 2.73. The first kappa shape index (κ1) is 12.4. The molecule has 94 valence electrons. The zero-order valence-corrected chi connectivity index (χ0v) is 9.00. The maximum absolute atomic E-state index is 13.5. The highest BCUT2D eigenvalue weighted by Crippen LogP contribution is 2.41. The third-order valence-corrected chi connectivity index (χ3v) is 2.49. The van der Waals surface area contributed by atoms with Crippen LogP contribution in [-0.4, -0.2) is 5.11 Å². The monoisotopic (exact) mass is 256 g/mol. The van der Waals surface area contributed by atoms with Gasteiger partial charge in [0.05, 0.1) is 0 Å². The van der Waals surface area contributed by atoms with Crippen molar-refractivity contribution in [1.29, 1.82) is 0 Å². The van der Waals surface area contributed by atoms with Crippen LogP contribution in [0, 0.1) is 5.82 Å². The quantitative estimate of drug-likeness (QED) is 0.757. The molecule has 0 aliphatic carbocycles. The van der Waals surface area contributed by atoms with Crippen molar-refractivity contribution < 1.29 is 22.7 Å². The van der Waals surface area contributed by atoms with E-state index in [4.69, 9.17) is 5.11 Å². The van der Waals surface area contributed by atoms with Gasteiger partial charge in [0, 0.05) is 0 Å². The highest BCUT2D eigenvalue weighted by atomic mass is 19.4. The molecule has 0 saturated heterocycles. The molecule has 0 aliphatic heterocycles. The second-order valence-corrected chi connectivity index (χ2v) is 3.69. The van der Waals surface area contributed by atoms with Gasteiger partial charge in [-0.1, -0.05) is 30.3 Å². The van der Waals surface area contributed by atoms with Crippen molar-refractivity contribution in [3.8, 4) is 16.9 Å². The van der Waals surface area contributed by atoms with Crippen LogP contribution < -0.4 is 0 Å². The van der Waals surface area contributed by atoms with E-state index in [1.807, 2.05) is 0 Å². The summed E-state index contributed by atoms with van der Waals surface area (Å²) in [6.07, 6.45) is -4.87. The molecule has 1 nitrogen and oxygen atoms in total. The van der Waals surface area contributed by atoms with Crippen LogP contribution in [0.4, 0.5) is 17.6 Å². The van der Waals surface area contributed by atoms with Gasteiger partial charge >= 0.3 is 6.18 Å². The van der Waals surface area contributed by atoms with Crippen molar-refractivity contribution in [1.82, 2.24) is 0 Å². The zero-order chi connectivity index (χ0) is 13.3. The van der Waals surface area contributed by atoms with Gasteiger partial charge in [0.25, 0.3) is 0 Å². The third-order valence-electron chi connectivity index (χ3n) is 2.49. The minimum absolute atomic E-state index is 0.240. The van der Waals surface area contributed by atoms with Crippen molar-refractivity contribution >= 4 is 0 Å². The lowest BCUT2D eigenvalue weighted by Gasteiger charge is -2.14. The summed E-state index contributed by atoms with van der Waals surface area (Å²) >= 11 is 0. The van der Waals surface area contributed by atoms with Gasteiger partial charge in [-0.3, -0.25) is 0 Å². The number of aromatic hydroxyl groups is 1. The summed E-state index contributed by atoms with van der Waals surface area (Å²) in [5, 5.41) is 9.06. The first-order valence-electron chi connectivity index (χ1n) is 5.05. The molecule has 0 spiro atoms. The van der Waals surface area contributed by atoms with Crippen molar-refractivity contribution in [2.75, 3.05) is 0 Å². The fraction of sp³-hybridized carbons (Fsp3) is 0.0769. The van der Waals surface area contributed by atoms with Gasteiger partial charge in [-0.25, -0.2) is 4.39 Å². The highest BCUT2D eigenvalue weighted by Gasteiger charge is 2.38. The predicted molar refractivity (Wildman–Crippen MR) is 58.5 cm³/mol. The molecular formula is C13H8F4O. The Morgan fingerprint density at radius 2 is 1.50 bits per heavy atom. The zero-order valence-electron chi connectivity index (χ0n) is 9.00. The van der Waals surface area contributed by atoms with Crippen molar-refractivity contribution in [2.45, 2.75) is 6.18 Å². The molecule has 0 amide bonds. The molecule has 2 aromatic rings. The molecule has 5 heteroatoms. The second kappa shape index (κ2) is 4.33. The lowest BCUT2D eigenvalue weighted by molar-refractivity contribution is -0.139. The lowest BCUT2D eigenvalue weighted by Crippen LogP contribution is -2.10. The minimum atomic E-state index is -4.87. The molecule has 18 heavy (non-hydrogen) atoms. The molecule has 0 fully saturated rings. The Morgan fingerprint density at radius 1 is 0.889 bits per heavy atom. The van der Waals surface area contributed by atoms with E-state index in [1.165, 1.54) is 12.1 Å². The Bertz CT molecular complexity index is 561. The number of hydrogen-bond acceptors (Lipinski definition) is 1. The summed E-state index contributed by atoms with van der Waals surface area (Å²) in [6, 6.07) is 9.61. The maximum atomic E-state index is 13.5. The predicted octanol–water partition coefficient (Wildman–Crippen LogP) is 4.22. The van der Waals surface area contributed by atoms with Crippen LogP contribution >= 0.6 is 0 Å². The number of alkyl halides is 3. The molecule has 0 aliphatic rings. The van der Waals surface area contributed by atoms with Crippen LogP contribution in [0.25, 0.3) is 11.1 Å². The van der Waals surface area contributed by atoms with E-state index in [-0.39, 0.29) is 11.1 Å². The summed E-state index contributed by atoms with van der Waals surface area (Å²) in [7, 11) is 0. The SMILES string of the molecule is Oc1ccc(-c2ccccc2)c(C(F)(F)F)c1F. The number of halogens is 4. The molecule has 0 aromatic heterocycles. The Kier molecular flexibility index (Phi) is 2.98. The number of rotatable bonds is 1. The average Bonchev–Trinajstić information content (AvgIpc) is 2.32. The largest absolute Gasteiger partial charge is 0.505 e. The van der Waals surface area contributed by atoms with E-state index in [2.05, 4.69) is 0 Å². The fourth-order valence-electron chi connectivity index (χ4n) is 1.70. The normalized spacial score (nSPS) is 11.6.